The lowest BCUT2D eigenvalue weighted by Crippen LogP contribution is -2.03. The first-order valence-corrected chi connectivity index (χ1v) is 8.11. The number of benzene rings is 2. The lowest BCUT2D eigenvalue weighted by Gasteiger charge is -2.19. The van der Waals surface area contributed by atoms with Gasteiger partial charge in [-0.2, -0.15) is 0 Å². The molecule has 0 bridgehead atoms. The molecule has 0 aromatic heterocycles. The SMILES string of the molecule is CCOc1c(O[Si])ccc(-c2ccccc2CCl)c1OCC. The van der Waals surface area contributed by atoms with Crippen LogP contribution < -0.4 is 13.9 Å². The number of hydrogen-bond donors (Lipinski definition) is 0. The Hall–Kier alpha value is -1.65. The molecule has 0 saturated carbocycles. The zero-order chi connectivity index (χ0) is 15.9. The van der Waals surface area contributed by atoms with E-state index in [1.165, 1.54) is 0 Å². The molecule has 3 radical (unpaired) electrons. The maximum Gasteiger partial charge on any atom is 0.341 e. The lowest BCUT2D eigenvalue weighted by atomic mass is 9.99. The first kappa shape index (κ1) is 16.7. The van der Waals surface area contributed by atoms with Gasteiger partial charge in [0, 0.05) is 11.4 Å². The Labute approximate surface area is 139 Å². The molecule has 2 rings (SSSR count). The highest BCUT2D eigenvalue weighted by Gasteiger charge is 2.19. The molecule has 0 saturated heterocycles. The Kier molecular flexibility index (Phi) is 6.16. The van der Waals surface area contributed by atoms with Crippen molar-refractivity contribution in [1.82, 2.24) is 0 Å². The van der Waals surface area contributed by atoms with Gasteiger partial charge in [-0.15, -0.1) is 11.6 Å². The summed E-state index contributed by atoms with van der Waals surface area (Å²) in [6.45, 7) is 4.91. The van der Waals surface area contributed by atoms with Gasteiger partial charge in [-0.05, 0) is 37.1 Å². The average Bonchev–Trinajstić information content (AvgIpc) is 2.56. The lowest BCUT2D eigenvalue weighted by molar-refractivity contribution is 0.282. The standard InChI is InChI=1S/C17H18ClO3Si/c1-3-19-16-14(13-8-6-5-7-12(13)11-18)9-10-15(21-22)17(16)20-4-2/h5-10H,3-4,11H2,1-2H3. The molecule has 0 atom stereocenters. The second kappa shape index (κ2) is 8.10. The molecule has 0 spiro atoms. The Bertz CT molecular complexity index is 631. The highest BCUT2D eigenvalue weighted by molar-refractivity contribution is 6.17. The minimum Gasteiger partial charge on any atom is -0.538 e. The van der Waals surface area contributed by atoms with Crippen molar-refractivity contribution < 1.29 is 13.9 Å². The summed E-state index contributed by atoms with van der Waals surface area (Å²) in [7, 11) is 3.07. The molecule has 0 unspecified atom stereocenters. The van der Waals surface area contributed by atoms with Crippen LogP contribution in [0.5, 0.6) is 17.2 Å². The van der Waals surface area contributed by atoms with E-state index in [2.05, 4.69) is 10.5 Å². The van der Waals surface area contributed by atoms with E-state index < -0.39 is 0 Å². The van der Waals surface area contributed by atoms with Gasteiger partial charge in [0.1, 0.15) is 5.75 Å². The number of alkyl halides is 1. The first-order chi connectivity index (χ1) is 10.8. The third kappa shape index (κ3) is 3.39. The van der Waals surface area contributed by atoms with Crippen molar-refractivity contribution in [2.75, 3.05) is 13.2 Å². The monoisotopic (exact) mass is 333 g/mol. The number of rotatable bonds is 7. The summed E-state index contributed by atoms with van der Waals surface area (Å²) < 4.78 is 16.8. The van der Waals surface area contributed by atoms with Crippen molar-refractivity contribution in [3.05, 3.63) is 42.0 Å². The molecule has 0 aliphatic rings. The molecule has 0 aliphatic heterocycles. The van der Waals surface area contributed by atoms with Gasteiger partial charge in [-0.1, -0.05) is 24.3 Å². The van der Waals surface area contributed by atoms with Gasteiger partial charge in [0.15, 0.2) is 5.75 Å². The first-order valence-electron chi connectivity index (χ1n) is 7.17. The van der Waals surface area contributed by atoms with Crippen molar-refractivity contribution in [2.45, 2.75) is 19.7 Å². The third-order valence-electron chi connectivity index (χ3n) is 3.21. The third-order valence-corrected chi connectivity index (χ3v) is 3.72. The van der Waals surface area contributed by atoms with Crippen molar-refractivity contribution in [1.29, 1.82) is 0 Å². The summed E-state index contributed by atoms with van der Waals surface area (Å²) in [6.07, 6.45) is 0. The summed E-state index contributed by atoms with van der Waals surface area (Å²) in [4.78, 5) is 0. The molecule has 0 fully saturated rings. The molecule has 2 aromatic rings. The molecular weight excluding hydrogens is 316 g/mol. The maximum absolute atomic E-state index is 6.07. The van der Waals surface area contributed by atoms with E-state index in [0.717, 1.165) is 16.7 Å². The van der Waals surface area contributed by atoms with E-state index in [1.807, 2.05) is 50.2 Å². The number of halogens is 1. The van der Waals surface area contributed by atoms with Gasteiger partial charge in [0.2, 0.25) is 5.75 Å². The Morgan fingerprint density at radius 2 is 1.59 bits per heavy atom. The van der Waals surface area contributed by atoms with Crippen LogP contribution >= 0.6 is 11.6 Å². The van der Waals surface area contributed by atoms with Crippen LogP contribution in [0.2, 0.25) is 0 Å². The predicted molar refractivity (Wildman–Crippen MR) is 90.2 cm³/mol. The molecule has 0 amide bonds. The Morgan fingerprint density at radius 1 is 0.909 bits per heavy atom. The molecule has 2 aromatic carbocycles. The summed E-state index contributed by atoms with van der Waals surface area (Å²) in [6, 6.07) is 11.8. The van der Waals surface area contributed by atoms with Crippen LogP contribution in [0.3, 0.4) is 0 Å². The highest BCUT2D eigenvalue weighted by atomic mass is 35.5. The van der Waals surface area contributed by atoms with Gasteiger partial charge in [0.25, 0.3) is 0 Å². The van der Waals surface area contributed by atoms with Gasteiger partial charge in [-0.25, -0.2) is 0 Å². The molecular formula is C17H18ClO3Si. The van der Waals surface area contributed by atoms with Crippen molar-refractivity contribution >= 4 is 22.1 Å². The Balaban J connectivity index is 2.67. The largest absolute Gasteiger partial charge is 0.538 e. The smallest absolute Gasteiger partial charge is 0.341 e. The van der Waals surface area contributed by atoms with Crippen LogP contribution in [-0.4, -0.2) is 23.7 Å². The fourth-order valence-electron chi connectivity index (χ4n) is 2.31. The van der Waals surface area contributed by atoms with Crippen LogP contribution in [0.1, 0.15) is 19.4 Å². The Morgan fingerprint density at radius 3 is 2.23 bits per heavy atom. The molecule has 115 valence electrons. The average molecular weight is 334 g/mol. The van der Waals surface area contributed by atoms with E-state index >= 15 is 0 Å². The molecule has 0 heterocycles. The van der Waals surface area contributed by atoms with Crippen LogP contribution in [-0.2, 0) is 5.88 Å². The molecule has 22 heavy (non-hydrogen) atoms. The summed E-state index contributed by atoms with van der Waals surface area (Å²) in [5, 5.41) is 0. The van der Waals surface area contributed by atoms with Gasteiger partial charge in [-0.3, -0.25) is 0 Å². The number of ether oxygens (including phenoxy) is 2. The van der Waals surface area contributed by atoms with Gasteiger partial charge in [0.05, 0.1) is 13.2 Å². The minimum atomic E-state index is 0.433. The summed E-state index contributed by atoms with van der Waals surface area (Å²) in [5.74, 6) is 2.26. The van der Waals surface area contributed by atoms with Gasteiger partial charge < -0.3 is 13.9 Å². The predicted octanol–water partition coefficient (Wildman–Crippen LogP) is 4.35. The molecule has 0 N–H and O–H groups in total. The van der Waals surface area contributed by atoms with Crippen LogP contribution in [0, 0.1) is 0 Å². The van der Waals surface area contributed by atoms with E-state index in [-0.39, 0.29) is 0 Å². The van der Waals surface area contributed by atoms with E-state index in [9.17, 15) is 0 Å². The molecule has 5 heteroatoms. The molecule has 3 nitrogen and oxygen atoms in total. The van der Waals surface area contributed by atoms with Crippen molar-refractivity contribution in [3.63, 3.8) is 0 Å². The number of hydrogen-bond acceptors (Lipinski definition) is 3. The van der Waals surface area contributed by atoms with E-state index in [0.29, 0.717) is 36.3 Å². The molecule has 0 aliphatic carbocycles. The zero-order valence-electron chi connectivity index (χ0n) is 12.7. The van der Waals surface area contributed by atoms with E-state index in [1.54, 1.807) is 0 Å². The second-order valence-electron chi connectivity index (χ2n) is 4.53. The maximum atomic E-state index is 6.07. The highest BCUT2D eigenvalue weighted by Crippen LogP contribution is 2.45. The zero-order valence-corrected chi connectivity index (χ0v) is 14.4. The van der Waals surface area contributed by atoms with E-state index in [4.69, 9.17) is 25.5 Å². The fourth-order valence-corrected chi connectivity index (χ4v) is 2.70. The van der Waals surface area contributed by atoms with Crippen molar-refractivity contribution in [3.8, 4) is 28.4 Å². The summed E-state index contributed by atoms with van der Waals surface area (Å²) in [5.41, 5.74) is 3.01. The minimum absolute atomic E-state index is 0.433. The second-order valence-corrected chi connectivity index (χ2v) is 5.00. The van der Waals surface area contributed by atoms with Crippen molar-refractivity contribution in [2.24, 2.45) is 0 Å². The van der Waals surface area contributed by atoms with Crippen LogP contribution in [0.15, 0.2) is 36.4 Å². The normalized spacial score (nSPS) is 10.4. The van der Waals surface area contributed by atoms with Gasteiger partial charge >= 0.3 is 10.5 Å². The van der Waals surface area contributed by atoms with Crippen LogP contribution in [0.25, 0.3) is 11.1 Å². The fraction of sp³-hybridized carbons (Fsp3) is 0.294. The summed E-state index contributed by atoms with van der Waals surface area (Å²) >= 11 is 6.07. The quantitative estimate of drug-likeness (QED) is 0.557. The van der Waals surface area contributed by atoms with Crippen LogP contribution in [0.4, 0.5) is 0 Å². The topological polar surface area (TPSA) is 27.7 Å².